The molecule has 14 heavy (non-hydrogen) atoms. The molecule has 0 saturated carbocycles. The molecule has 1 saturated heterocycles. The van der Waals surface area contributed by atoms with Crippen LogP contribution in [0.4, 0.5) is 4.79 Å². The van der Waals surface area contributed by atoms with Gasteiger partial charge in [-0.05, 0) is 19.4 Å². The van der Waals surface area contributed by atoms with Gasteiger partial charge in [0.15, 0.2) is 0 Å². The number of hydrogen-bond donors (Lipinski definition) is 2. The molecule has 1 fully saturated rings. The molecule has 82 valence electrons. The summed E-state index contributed by atoms with van der Waals surface area (Å²) in [6.07, 6.45) is 0.960. The van der Waals surface area contributed by atoms with Crippen LogP contribution >= 0.6 is 0 Å². The van der Waals surface area contributed by atoms with E-state index < -0.39 is 17.4 Å². The van der Waals surface area contributed by atoms with Crippen molar-refractivity contribution in [3.8, 4) is 0 Å². The summed E-state index contributed by atoms with van der Waals surface area (Å²) in [5.41, 5.74) is 0. The fourth-order valence-electron chi connectivity index (χ4n) is 1.21. The summed E-state index contributed by atoms with van der Waals surface area (Å²) in [6, 6.07) is 0. The van der Waals surface area contributed by atoms with E-state index in [4.69, 9.17) is 4.74 Å². The third-order valence-electron chi connectivity index (χ3n) is 1.84. The number of rotatable bonds is 3. The molecule has 2 N–H and O–H groups in total. The zero-order valence-electron chi connectivity index (χ0n) is 7.95. The third-order valence-corrected chi connectivity index (χ3v) is 2.48. The Kier molecular flexibility index (Phi) is 4.85. The van der Waals surface area contributed by atoms with Crippen molar-refractivity contribution >= 4 is 17.4 Å². The Bertz CT molecular complexity index is 218. The zero-order valence-corrected chi connectivity index (χ0v) is 8.76. The number of hydrogen-bond acceptors (Lipinski definition) is 5. The lowest BCUT2D eigenvalue weighted by Gasteiger charge is -2.22. The summed E-state index contributed by atoms with van der Waals surface area (Å²) in [6.45, 7) is 1.60. The van der Waals surface area contributed by atoms with Gasteiger partial charge in [-0.2, -0.15) is 0 Å². The maximum absolute atomic E-state index is 11.0. The highest BCUT2D eigenvalue weighted by atomic mass is 32.2. The molecule has 7 heteroatoms. The van der Waals surface area contributed by atoms with Crippen LogP contribution in [-0.2, 0) is 20.2 Å². The second-order valence-corrected chi connectivity index (χ2v) is 3.88. The van der Waals surface area contributed by atoms with Crippen molar-refractivity contribution in [2.75, 3.05) is 20.2 Å². The largest absolute Gasteiger partial charge is 0.444 e. The van der Waals surface area contributed by atoms with E-state index in [1.807, 2.05) is 4.72 Å². The lowest BCUT2D eigenvalue weighted by molar-refractivity contribution is 0.0870. The van der Waals surface area contributed by atoms with Crippen LogP contribution in [0, 0.1) is 0 Å². The van der Waals surface area contributed by atoms with Crippen molar-refractivity contribution in [1.29, 1.82) is 0 Å². The van der Waals surface area contributed by atoms with Crippen molar-refractivity contribution in [3.05, 3.63) is 0 Å². The zero-order chi connectivity index (χ0) is 10.4. The number of nitrogens with one attached hydrogen (secondary N) is 2. The first-order valence-corrected chi connectivity index (χ1v) is 5.44. The summed E-state index contributed by atoms with van der Waals surface area (Å²) in [7, 11) is 1.23. The van der Waals surface area contributed by atoms with E-state index in [1.165, 1.54) is 7.11 Å². The molecule has 0 aromatic carbocycles. The first kappa shape index (κ1) is 11.4. The van der Waals surface area contributed by atoms with Crippen molar-refractivity contribution in [1.82, 2.24) is 10.0 Å². The van der Waals surface area contributed by atoms with Gasteiger partial charge in [-0.3, -0.25) is 4.18 Å². The normalized spacial score (nSPS) is 23.9. The van der Waals surface area contributed by atoms with Gasteiger partial charge in [-0.1, -0.05) is 0 Å². The smallest absolute Gasteiger partial charge is 0.421 e. The van der Waals surface area contributed by atoms with Crippen LogP contribution in [0.1, 0.15) is 12.8 Å². The summed E-state index contributed by atoms with van der Waals surface area (Å²) in [5, 5.41) is 3.10. The Morgan fingerprint density at radius 1 is 1.64 bits per heavy atom. The SMILES string of the molecule is COS(=O)NC(=O)OC1CCCNC1. The van der Waals surface area contributed by atoms with Crippen molar-refractivity contribution < 1.29 is 17.9 Å². The van der Waals surface area contributed by atoms with Gasteiger partial charge in [0.2, 0.25) is 0 Å². The van der Waals surface area contributed by atoms with Gasteiger partial charge in [-0.15, -0.1) is 0 Å². The number of amides is 1. The second-order valence-electron chi connectivity index (χ2n) is 2.88. The molecule has 2 atom stereocenters. The molecule has 0 aromatic rings. The molecule has 0 aromatic heterocycles. The maximum Gasteiger partial charge on any atom is 0.421 e. The summed E-state index contributed by atoms with van der Waals surface area (Å²) in [5.74, 6) is 0. The van der Waals surface area contributed by atoms with E-state index in [0.29, 0.717) is 6.54 Å². The summed E-state index contributed by atoms with van der Waals surface area (Å²) < 4.78 is 22.1. The molecule has 6 nitrogen and oxygen atoms in total. The van der Waals surface area contributed by atoms with Crippen molar-refractivity contribution in [2.45, 2.75) is 18.9 Å². The van der Waals surface area contributed by atoms with Gasteiger partial charge in [0.05, 0.1) is 7.11 Å². The standard InChI is InChI=1S/C7H14N2O4S/c1-12-14(11)9-7(10)13-6-3-2-4-8-5-6/h6,8H,2-5H2,1H3,(H,9,10). The molecule has 1 aliphatic rings. The van der Waals surface area contributed by atoms with Crippen LogP contribution in [0.3, 0.4) is 0 Å². The quantitative estimate of drug-likeness (QED) is 0.685. The van der Waals surface area contributed by atoms with Crippen LogP contribution in [-0.4, -0.2) is 36.6 Å². The fraction of sp³-hybridized carbons (Fsp3) is 0.857. The maximum atomic E-state index is 11.0. The number of carbonyl (C=O) groups excluding carboxylic acids is 1. The van der Waals surface area contributed by atoms with Gasteiger partial charge < -0.3 is 10.1 Å². The molecule has 1 heterocycles. The van der Waals surface area contributed by atoms with E-state index in [9.17, 15) is 9.00 Å². The molecular formula is C7H14N2O4S. The predicted octanol–water partition coefficient (Wildman–Crippen LogP) is -0.310. The monoisotopic (exact) mass is 222 g/mol. The molecule has 0 radical (unpaired) electrons. The second kappa shape index (κ2) is 5.94. The van der Waals surface area contributed by atoms with E-state index >= 15 is 0 Å². The Morgan fingerprint density at radius 3 is 3.00 bits per heavy atom. The molecule has 0 spiro atoms. The van der Waals surface area contributed by atoms with Gasteiger partial charge >= 0.3 is 6.09 Å². The average Bonchev–Trinajstić information content (AvgIpc) is 2.19. The van der Waals surface area contributed by atoms with Crippen LogP contribution in [0.15, 0.2) is 0 Å². The summed E-state index contributed by atoms with van der Waals surface area (Å²) >= 11 is -1.81. The summed E-state index contributed by atoms with van der Waals surface area (Å²) in [4.78, 5) is 11.0. The number of piperidine rings is 1. The Morgan fingerprint density at radius 2 is 2.43 bits per heavy atom. The Hall–Kier alpha value is -0.660. The minimum absolute atomic E-state index is 0.141. The topological polar surface area (TPSA) is 76.7 Å². The minimum Gasteiger partial charge on any atom is -0.444 e. The van der Waals surface area contributed by atoms with Crippen LogP contribution in [0.2, 0.25) is 0 Å². The highest BCUT2D eigenvalue weighted by Gasteiger charge is 2.18. The minimum atomic E-state index is -1.81. The lowest BCUT2D eigenvalue weighted by atomic mass is 10.1. The van der Waals surface area contributed by atoms with Gasteiger partial charge in [0.1, 0.15) is 6.10 Å². The van der Waals surface area contributed by atoms with Crippen LogP contribution in [0.5, 0.6) is 0 Å². The first-order chi connectivity index (χ1) is 6.72. The lowest BCUT2D eigenvalue weighted by Crippen LogP contribution is -2.39. The van der Waals surface area contributed by atoms with Crippen LogP contribution in [0.25, 0.3) is 0 Å². The number of carbonyl (C=O) groups is 1. The molecule has 2 unspecified atom stereocenters. The van der Waals surface area contributed by atoms with Gasteiger partial charge in [-0.25, -0.2) is 13.7 Å². The third kappa shape index (κ3) is 4.03. The van der Waals surface area contributed by atoms with E-state index in [0.717, 1.165) is 19.4 Å². The average molecular weight is 222 g/mol. The highest BCUT2D eigenvalue weighted by molar-refractivity contribution is 7.78. The predicted molar refractivity (Wildman–Crippen MR) is 50.7 cm³/mol. The fourth-order valence-corrected chi connectivity index (χ4v) is 1.47. The van der Waals surface area contributed by atoms with Gasteiger partial charge in [0, 0.05) is 6.54 Å². The molecule has 0 bridgehead atoms. The number of ether oxygens (including phenoxy) is 1. The van der Waals surface area contributed by atoms with Crippen LogP contribution < -0.4 is 10.0 Å². The van der Waals surface area contributed by atoms with Crippen molar-refractivity contribution in [3.63, 3.8) is 0 Å². The van der Waals surface area contributed by atoms with Gasteiger partial charge in [0.25, 0.3) is 11.3 Å². The Labute approximate surface area is 85.1 Å². The first-order valence-electron chi connectivity index (χ1n) is 4.36. The highest BCUT2D eigenvalue weighted by Crippen LogP contribution is 2.05. The van der Waals surface area contributed by atoms with E-state index in [1.54, 1.807) is 0 Å². The molecule has 1 rings (SSSR count). The van der Waals surface area contributed by atoms with Crippen molar-refractivity contribution in [2.24, 2.45) is 0 Å². The molecular weight excluding hydrogens is 208 g/mol. The van der Waals surface area contributed by atoms with E-state index in [-0.39, 0.29) is 6.10 Å². The molecule has 1 amide bonds. The Balaban J connectivity index is 2.21. The molecule has 1 aliphatic heterocycles. The van der Waals surface area contributed by atoms with E-state index in [2.05, 4.69) is 9.50 Å². The molecule has 0 aliphatic carbocycles.